The molecule has 0 unspecified atom stereocenters. The number of anilines is 1. The van der Waals surface area contributed by atoms with E-state index in [1.165, 1.54) is 16.9 Å². The number of carbonyl (C=O) groups excluding carboxylic acids is 1. The smallest absolute Gasteiger partial charge is 0.264 e. The topological polar surface area (TPSA) is 77.2 Å². The lowest BCUT2D eigenvalue weighted by atomic mass is 10.1. The first-order valence-electron chi connectivity index (χ1n) is 8.48. The van der Waals surface area contributed by atoms with Gasteiger partial charge in [-0.1, -0.05) is 37.6 Å². The van der Waals surface area contributed by atoms with Crippen LogP contribution in [0.2, 0.25) is 0 Å². The molecule has 6 nitrogen and oxygen atoms in total. The Hall–Kier alpha value is -2.67. The molecule has 0 aliphatic rings. The van der Waals surface area contributed by atoms with Crippen molar-refractivity contribution in [3.63, 3.8) is 0 Å². The molecule has 0 saturated heterocycles. The number of benzene rings is 1. The zero-order valence-electron chi connectivity index (χ0n) is 15.0. The van der Waals surface area contributed by atoms with E-state index in [0.29, 0.717) is 16.8 Å². The van der Waals surface area contributed by atoms with Crippen molar-refractivity contribution < 1.29 is 14.1 Å². The van der Waals surface area contributed by atoms with Crippen molar-refractivity contribution in [3.05, 3.63) is 46.5 Å². The fraction of sp³-hybridized carbons (Fsp3) is 0.316. The second-order valence-electron chi connectivity index (χ2n) is 5.98. The molecular formula is C19H21N3O3S. The summed E-state index contributed by atoms with van der Waals surface area (Å²) in [6, 6.07) is 10.0. The maximum Gasteiger partial charge on any atom is 0.264 e. The lowest BCUT2D eigenvalue weighted by Crippen LogP contribution is -2.20. The predicted octanol–water partition coefficient (Wildman–Crippen LogP) is 4.38. The highest BCUT2D eigenvalue weighted by molar-refractivity contribution is 7.16. The van der Waals surface area contributed by atoms with E-state index >= 15 is 0 Å². The van der Waals surface area contributed by atoms with Gasteiger partial charge in [0.15, 0.2) is 11.7 Å². The quantitative estimate of drug-likeness (QED) is 0.667. The monoisotopic (exact) mass is 371 g/mol. The molecule has 0 atom stereocenters. The SMILES string of the molecule is CCCc1ccc(-c2nc(NC(=O)COc3cc(C)on3)sc2C)cc1. The van der Waals surface area contributed by atoms with Crippen molar-refractivity contribution in [1.29, 1.82) is 0 Å². The first-order valence-corrected chi connectivity index (χ1v) is 9.29. The van der Waals surface area contributed by atoms with E-state index in [9.17, 15) is 4.79 Å². The molecule has 0 radical (unpaired) electrons. The Balaban J connectivity index is 1.62. The van der Waals surface area contributed by atoms with Crippen LogP contribution >= 0.6 is 11.3 Å². The minimum Gasteiger partial charge on any atom is -0.465 e. The number of hydrogen-bond donors (Lipinski definition) is 1. The number of ether oxygens (including phenoxy) is 1. The van der Waals surface area contributed by atoms with Gasteiger partial charge in [0.25, 0.3) is 11.8 Å². The van der Waals surface area contributed by atoms with E-state index in [1.807, 2.05) is 6.92 Å². The molecule has 3 aromatic rings. The van der Waals surface area contributed by atoms with E-state index in [1.54, 1.807) is 13.0 Å². The molecule has 0 aliphatic carbocycles. The number of nitrogens with zero attached hydrogens (tertiary/aromatic N) is 2. The zero-order chi connectivity index (χ0) is 18.5. The largest absolute Gasteiger partial charge is 0.465 e. The molecule has 0 saturated carbocycles. The van der Waals surface area contributed by atoms with Crippen LogP contribution in [0.4, 0.5) is 5.13 Å². The molecule has 136 valence electrons. The zero-order valence-corrected chi connectivity index (χ0v) is 15.9. The minimum atomic E-state index is -0.288. The molecule has 7 heteroatoms. The van der Waals surface area contributed by atoms with Gasteiger partial charge in [-0.25, -0.2) is 4.98 Å². The summed E-state index contributed by atoms with van der Waals surface area (Å²) in [5.41, 5.74) is 3.26. The molecule has 1 N–H and O–H groups in total. The highest BCUT2D eigenvalue weighted by Gasteiger charge is 2.13. The van der Waals surface area contributed by atoms with Gasteiger partial charge in [0.2, 0.25) is 0 Å². The van der Waals surface area contributed by atoms with E-state index in [-0.39, 0.29) is 12.5 Å². The third kappa shape index (κ3) is 4.49. The lowest BCUT2D eigenvalue weighted by molar-refractivity contribution is -0.118. The molecule has 0 bridgehead atoms. The van der Waals surface area contributed by atoms with E-state index < -0.39 is 0 Å². The van der Waals surface area contributed by atoms with Gasteiger partial charge in [-0.2, -0.15) is 0 Å². The molecule has 1 aromatic carbocycles. The molecule has 0 spiro atoms. The number of amides is 1. The molecule has 26 heavy (non-hydrogen) atoms. The Kier molecular flexibility index (Phi) is 5.68. The number of nitrogens with one attached hydrogen (secondary N) is 1. The van der Waals surface area contributed by atoms with Crippen LogP contribution < -0.4 is 10.1 Å². The Morgan fingerprint density at radius 2 is 2.04 bits per heavy atom. The Labute approximate surface area is 156 Å². The second kappa shape index (κ2) is 8.14. The van der Waals surface area contributed by atoms with E-state index in [4.69, 9.17) is 9.26 Å². The number of aryl methyl sites for hydroxylation is 3. The Morgan fingerprint density at radius 3 is 2.69 bits per heavy atom. The average molecular weight is 371 g/mol. The average Bonchev–Trinajstić information content (AvgIpc) is 3.19. The normalized spacial score (nSPS) is 10.7. The maximum absolute atomic E-state index is 12.0. The van der Waals surface area contributed by atoms with Crippen LogP contribution in [0.1, 0.15) is 29.5 Å². The summed E-state index contributed by atoms with van der Waals surface area (Å²) >= 11 is 1.45. The fourth-order valence-corrected chi connectivity index (χ4v) is 3.39. The fourth-order valence-electron chi connectivity index (χ4n) is 2.54. The third-order valence-corrected chi connectivity index (χ3v) is 4.65. The van der Waals surface area contributed by atoms with Crippen LogP contribution in [0.5, 0.6) is 5.88 Å². The molecular weight excluding hydrogens is 350 g/mol. The molecule has 0 fully saturated rings. The number of aromatic nitrogens is 2. The van der Waals surface area contributed by atoms with Crippen molar-refractivity contribution in [2.24, 2.45) is 0 Å². The van der Waals surface area contributed by atoms with Gasteiger partial charge in [-0.3, -0.25) is 10.1 Å². The summed E-state index contributed by atoms with van der Waals surface area (Å²) in [6.07, 6.45) is 2.20. The van der Waals surface area contributed by atoms with Gasteiger partial charge in [-0.15, -0.1) is 11.3 Å². The van der Waals surface area contributed by atoms with Crippen LogP contribution in [0.25, 0.3) is 11.3 Å². The van der Waals surface area contributed by atoms with Gasteiger partial charge >= 0.3 is 0 Å². The summed E-state index contributed by atoms with van der Waals surface area (Å²) in [4.78, 5) is 17.6. The summed E-state index contributed by atoms with van der Waals surface area (Å²) in [5.74, 6) is 0.635. The van der Waals surface area contributed by atoms with Crippen LogP contribution in [-0.4, -0.2) is 22.7 Å². The van der Waals surface area contributed by atoms with Crippen LogP contribution in [0.15, 0.2) is 34.9 Å². The maximum atomic E-state index is 12.0. The first-order chi connectivity index (χ1) is 12.5. The third-order valence-electron chi connectivity index (χ3n) is 3.77. The highest BCUT2D eigenvalue weighted by atomic mass is 32.1. The first kappa shape index (κ1) is 18.1. The van der Waals surface area contributed by atoms with Crippen LogP contribution in [-0.2, 0) is 11.2 Å². The summed E-state index contributed by atoms with van der Waals surface area (Å²) in [5, 5.41) is 7.00. The summed E-state index contributed by atoms with van der Waals surface area (Å²) < 4.78 is 10.2. The Bertz CT molecular complexity index is 884. The van der Waals surface area contributed by atoms with E-state index in [0.717, 1.165) is 29.0 Å². The van der Waals surface area contributed by atoms with Crippen molar-refractivity contribution in [3.8, 4) is 17.1 Å². The summed E-state index contributed by atoms with van der Waals surface area (Å²) in [7, 11) is 0. The molecule has 2 aromatic heterocycles. The van der Waals surface area contributed by atoms with Gasteiger partial charge in [0.05, 0.1) is 5.69 Å². The predicted molar refractivity (Wildman–Crippen MR) is 102 cm³/mol. The van der Waals surface area contributed by atoms with Gasteiger partial charge in [0.1, 0.15) is 5.76 Å². The molecule has 2 heterocycles. The molecule has 1 amide bonds. The highest BCUT2D eigenvalue weighted by Crippen LogP contribution is 2.30. The number of hydrogen-bond acceptors (Lipinski definition) is 6. The lowest BCUT2D eigenvalue weighted by Gasteiger charge is -2.03. The molecule has 0 aliphatic heterocycles. The second-order valence-corrected chi connectivity index (χ2v) is 7.19. The van der Waals surface area contributed by atoms with Crippen molar-refractivity contribution in [2.75, 3.05) is 11.9 Å². The van der Waals surface area contributed by atoms with Crippen molar-refractivity contribution >= 4 is 22.4 Å². The number of carbonyl (C=O) groups is 1. The van der Waals surface area contributed by atoms with Crippen molar-refractivity contribution in [2.45, 2.75) is 33.6 Å². The van der Waals surface area contributed by atoms with Gasteiger partial charge in [0, 0.05) is 16.5 Å². The standard InChI is InChI=1S/C19H21N3O3S/c1-4-5-14-6-8-15(9-7-14)18-13(3)26-19(21-18)20-16(23)11-24-17-10-12(2)25-22-17/h6-10H,4-5,11H2,1-3H3,(H,20,21,23). The minimum absolute atomic E-state index is 0.147. The van der Waals surface area contributed by atoms with Crippen LogP contribution in [0, 0.1) is 13.8 Å². The number of rotatable bonds is 7. The van der Waals surface area contributed by atoms with Crippen molar-refractivity contribution in [1.82, 2.24) is 10.1 Å². The van der Waals surface area contributed by atoms with Gasteiger partial charge in [-0.05, 0) is 31.0 Å². The Morgan fingerprint density at radius 1 is 1.27 bits per heavy atom. The summed E-state index contributed by atoms with van der Waals surface area (Å²) in [6.45, 7) is 5.78. The van der Waals surface area contributed by atoms with Gasteiger partial charge < -0.3 is 9.26 Å². The van der Waals surface area contributed by atoms with Crippen LogP contribution in [0.3, 0.4) is 0 Å². The van der Waals surface area contributed by atoms with E-state index in [2.05, 4.69) is 46.6 Å². The number of thiazole rings is 1. The molecule has 3 rings (SSSR count).